The van der Waals surface area contributed by atoms with Gasteiger partial charge in [0.2, 0.25) is 47.4 Å². The summed E-state index contributed by atoms with van der Waals surface area (Å²) in [5.41, 5.74) is 6.17. The third kappa shape index (κ3) is 20.9. The Kier molecular flexibility index (Phi) is 28.4. The van der Waals surface area contributed by atoms with Gasteiger partial charge in [0.05, 0.1) is 123 Å². The summed E-state index contributed by atoms with van der Waals surface area (Å²) >= 11 is 0. The number of fused-ring (bicyclic) bond motifs is 4. The van der Waals surface area contributed by atoms with Crippen molar-refractivity contribution in [2.75, 3.05) is 190 Å². The lowest BCUT2D eigenvalue weighted by Gasteiger charge is -2.33. The number of amides is 8. The van der Waals surface area contributed by atoms with Crippen molar-refractivity contribution in [2.45, 2.75) is 210 Å². The first-order valence-electron chi connectivity index (χ1n) is 50.5. The van der Waals surface area contributed by atoms with Crippen molar-refractivity contribution in [3.8, 4) is 23.0 Å². The van der Waals surface area contributed by atoms with Gasteiger partial charge < -0.3 is 115 Å². The van der Waals surface area contributed by atoms with Gasteiger partial charge >= 0.3 is 0 Å². The second-order valence-corrected chi connectivity index (χ2v) is 41.0. The van der Waals surface area contributed by atoms with Crippen LogP contribution in [0.15, 0.2) is 97.6 Å². The Morgan fingerprint density at radius 1 is 0.343 bits per heavy atom. The van der Waals surface area contributed by atoms with Crippen LogP contribution in [0.2, 0.25) is 0 Å². The Morgan fingerprint density at radius 2 is 0.629 bits per heavy atom. The molecule has 0 radical (unpaired) electrons. The minimum atomic E-state index is -0.593. The van der Waals surface area contributed by atoms with E-state index >= 15 is 0 Å². The van der Waals surface area contributed by atoms with Crippen molar-refractivity contribution >= 4 is 140 Å². The number of carbonyl (C=O) groups excluding carboxylic acids is 8. The van der Waals surface area contributed by atoms with Gasteiger partial charge in [-0.2, -0.15) is 19.9 Å². The number of methoxy groups -OCH3 is 4. The summed E-state index contributed by atoms with van der Waals surface area (Å²) in [6, 6.07) is 22.8. The fourth-order valence-electron chi connectivity index (χ4n) is 21.5. The molecule has 2 atom stereocenters. The molecular formula is C104H132N24O15. The minimum absolute atomic E-state index is 0.0148. The van der Waals surface area contributed by atoms with Gasteiger partial charge in [-0.05, 0) is 202 Å². The summed E-state index contributed by atoms with van der Waals surface area (Å²) in [7, 11) is 15.1. The fraction of sp³-hybridized carbons (Fsp3) is 0.538. The average Bonchev–Trinajstić information content (AvgIpc) is 1.59. The molecule has 143 heavy (non-hydrogen) atoms. The first-order chi connectivity index (χ1) is 69.2. The molecule has 22 rings (SSSR count). The van der Waals surface area contributed by atoms with Crippen LogP contribution in [-0.4, -0.2) is 259 Å². The van der Waals surface area contributed by atoms with E-state index in [0.29, 0.717) is 187 Å². The summed E-state index contributed by atoms with van der Waals surface area (Å²) in [6.07, 6.45) is 31.8. The van der Waals surface area contributed by atoms with Gasteiger partial charge in [-0.25, -0.2) is 19.9 Å². The summed E-state index contributed by atoms with van der Waals surface area (Å²) in [5, 5.41) is 24.7. The van der Waals surface area contributed by atoms with E-state index in [4.69, 9.17) is 53.1 Å². The molecule has 4 aromatic heterocycles. The molecule has 7 aliphatic heterocycles. The fourth-order valence-corrected chi connectivity index (χ4v) is 21.5. The molecule has 7 saturated carbocycles. The van der Waals surface area contributed by atoms with E-state index in [1.54, 1.807) is 140 Å². The number of ether oxygens (including phenoxy) is 7. The van der Waals surface area contributed by atoms with Gasteiger partial charge in [0.25, 0.3) is 23.6 Å². The van der Waals surface area contributed by atoms with Crippen molar-refractivity contribution in [1.82, 2.24) is 61.1 Å². The van der Waals surface area contributed by atoms with E-state index in [0.717, 1.165) is 157 Å². The maximum atomic E-state index is 13.3. The third-order valence-corrected chi connectivity index (χ3v) is 30.7. The normalized spacial score (nSPS) is 21.2. The maximum absolute atomic E-state index is 13.3. The molecule has 11 heterocycles. The van der Waals surface area contributed by atoms with E-state index in [1.165, 1.54) is 45.6 Å². The lowest BCUT2D eigenvalue weighted by atomic mass is 9.91. The van der Waals surface area contributed by atoms with Crippen molar-refractivity contribution < 1.29 is 71.5 Å². The number of aromatic nitrogens is 8. The SMILES string of the molecule is CNC(=O)c1ccc(Nc2ncc3c(n2)N([C@H]2CCOC2)CC(C)(C)C(=O)N3C)c(OC)c1.COc1cc(C(=O)NC2CC2)ccc1Nc1ncc2c(n1)N(C1CCCC1)CC1(CC1)C(=O)N2C.COc1cc(C(=O)NC2CCOC2)ccc1Nc1ncc2c(n1)N(C1CCCC1)CC1(CC1)C(=O)N2C.COc1cc(C(=O)NC2CCOCC2)ccc1Nc1ncc2c(n1)N(C1CCCC1)CC1(CC1)C(=O)N2C. The summed E-state index contributed by atoms with van der Waals surface area (Å²) in [6.45, 7) is 10.4. The summed E-state index contributed by atoms with van der Waals surface area (Å²) in [5.74, 6) is 6.79. The molecule has 3 saturated heterocycles. The lowest BCUT2D eigenvalue weighted by molar-refractivity contribution is -0.126. The number of hydrogen-bond acceptors (Lipinski definition) is 31. The molecule has 3 spiro atoms. The number of rotatable bonds is 23. The van der Waals surface area contributed by atoms with Crippen LogP contribution >= 0.6 is 0 Å². The Hall–Kier alpha value is -13.6. The topological polar surface area (TPSA) is 426 Å². The Balaban J connectivity index is 0.000000121. The summed E-state index contributed by atoms with van der Waals surface area (Å²) < 4.78 is 38.6. The second-order valence-electron chi connectivity index (χ2n) is 41.0. The Labute approximate surface area is 832 Å². The molecule has 8 N–H and O–H groups in total. The van der Waals surface area contributed by atoms with Gasteiger partial charge in [0.15, 0.2) is 23.3 Å². The van der Waals surface area contributed by atoms with Crippen LogP contribution in [-0.2, 0) is 33.4 Å². The standard InChI is InChI=1S/C28H36N6O4.C27H34N6O4.C26H32N6O3.C23H30N6O4/c1-33-22-16-29-27(32-24(22)34(20-5-3-4-6-20)17-28(11-12-28)26(33)36)31-21-8-7-18(15-23(21)37-2)25(35)30-19-9-13-38-14-10-19;1-32-21-14-28-26(31-23(21)33(19-5-3-4-6-19)16-27(10-11-27)25(32)35)30-20-8-7-17(13-22(20)36-2)24(34)29-18-9-12-37-15-18;1-31-20-14-27-25(29-19-10-7-16(13-21(19)35-2)23(33)28-17-8-9-17)30-22(20)32(18-5-3-4-6-18)15-26(11-12-26)24(31)34;1-23(2)13-29(15-8-9-33-12-15)19-17(28(4)21(23)31)11-25-22(27-19)26-16-7-6-14(20(30)24-3)10-18(16)32-5/h7-8,15-16,19-20H,3-6,9-14,17H2,1-2H3,(H,30,35)(H,29,31,32);7-8,13-14,18-19H,3-6,9-12,15-16H2,1-2H3,(H,29,34)(H,28,30,31);7,10,13-14,17-18H,3-6,8-9,11-12,15H2,1-2H3,(H,28,33)(H,27,29,30);6-7,10-11,15H,8-9,12-13H2,1-5H3,(H,24,30)(H,25,26,27)/t;;;15-/m...0/s1. The van der Waals surface area contributed by atoms with Gasteiger partial charge in [0, 0.05) is 140 Å². The predicted octanol–water partition coefficient (Wildman–Crippen LogP) is 12.7. The average molecular weight is 1960 g/mol. The van der Waals surface area contributed by atoms with Crippen LogP contribution in [0.1, 0.15) is 209 Å². The molecule has 39 heteroatoms. The van der Waals surface area contributed by atoms with Crippen molar-refractivity contribution in [2.24, 2.45) is 21.7 Å². The molecule has 14 aliphatic rings. The zero-order valence-corrected chi connectivity index (χ0v) is 83.6. The van der Waals surface area contributed by atoms with E-state index in [2.05, 4.69) is 82.1 Å². The number of hydrogen-bond donors (Lipinski definition) is 8. The molecule has 8 aromatic rings. The van der Waals surface area contributed by atoms with E-state index in [1.807, 2.05) is 47.1 Å². The minimum Gasteiger partial charge on any atom is -0.495 e. The molecule has 1 unspecified atom stereocenters. The molecule has 8 amide bonds. The highest BCUT2D eigenvalue weighted by molar-refractivity contribution is 6.06. The van der Waals surface area contributed by atoms with Crippen LogP contribution in [0, 0.1) is 21.7 Å². The highest BCUT2D eigenvalue weighted by Crippen LogP contribution is 2.57. The zero-order valence-electron chi connectivity index (χ0n) is 83.6. The largest absolute Gasteiger partial charge is 0.495 e. The number of benzene rings is 4. The molecule has 0 bridgehead atoms. The zero-order chi connectivity index (χ0) is 99.8. The van der Waals surface area contributed by atoms with Crippen LogP contribution in [0.25, 0.3) is 0 Å². The third-order valence-electron chi connectivity index (χ3n) is 30.7. The second kappa shape index (κ2) is 41.4. The highest BCUT2D eigenvalue weighted by Gasteiger charge is 2.59. The van der Waals surface area contributed by atoms with Crippen molar-refractivity contribution in [3.63, 3.8) is 0 Å². The van der Waals surface area contributed by atoms with Crippen LogP contribution in [0.5, 0.6) is 23.0 Å². The Bertz CT molecular complexity index is 6120. The number of nitrogens with zero attached hydrogens (tertiary/aromatic N) is 16. The van der Waals surface area contributed by atoms with Crippen molar-refractivity contribution in [3.05, 3.63) is 120 Å². The number of carbonyl (C=O) groups is 8. The monoisotopic (exact) mass is 1960 g/mol. The van der Waals surface area contributed by atoms with Gasteiger partial charge in [-0.15, -0.1) is 0 Å². The smallest absolute Gasteiger partial charge is 0.251 e. The predicted molar refractivity (Wildman–Crippen MR) is 543 cm³/mol. The highest BCUT2D eigenvalue weighted by atomic mass is 16.5. The van der Waals surface area contributed by atoms with Gasteiger partial charge in [-0.1, -0.05) is 38.5 Å². The number of nitrogens with one attached hydrogen (secondary N) is 8. The Morgan fingerprint density at radius 3 is 0.923 bits per heavy atom. The van der Waals surface area contributed by atoms with Crippen molar-refractivity contribution in [1.29, 1.82) is 0 Å². The number of anilines is 16. The van der Waals surface area contributed by atoms with E-state index in [9.17, 15) is 38.4 Å². The van der Waals surface area contributed by atoms with Crippen LogP contribution < -0.4 is 101 Å². The lowest BCUT2D eigenvalue weighted by Crippen LogP contribution is -2.46. The molecule has 39 nitrogen and oxygen atoms in total. The van der Waals surface area contributed by atoms with Crippen LogP contribution in [0.3, 0.4) is 0 Å². The van der Waals surface area contributed by atoms with E-state index in [-0.39, 0.29) is 81.6 Å². The molecular weight excluding hydrogens is 1830 g/mol. The van der Waals surface area contributed by atoms with E-state index < -0.39 is 5.41 Å². The summed E-state index contributed by atoms with van der Waals surface area (Å²) in [4.78, 5) is 157. The molecule has 758 valence electrons. The first kappa shape index (κ1) is 98.2. The molecule has 7 aliphatic carbocycles. The quantitative estimate of drug-likeness (QED) is 0.0295. The van der Waals surface area contributed by atoms with Gasteiger partial charge in [0.1, 0.15) is 45.7 Å². The molecule has 10 fully saturated rings. The molecule has 4 aromatic carbocycles. The van der Waals surface area contributed by atoms with Gasteiger partial charge in [-0.3, -0.25) is 38.4 Å². The maximum Gasteiger partial charge on any atom is 0.251 e. The van der Waals surface area contributed by atoms with Crippen LogP contribution in [0.4, 0.5) is 92.6 Å². The first-order valence-corrected chi connectivity index (χ1v) is 50.5.